The van der Waals surface area contributed by atoms with E-state index in [0.29, 0.717) is 10.6 Å². The fraction of sp³-hybridized carbons (Fsp3) is 0.176. The van der Waals surface area contributed by atoms with E-state index in [2.05, 4.69) is 10.3 Å². The highest BCUT2D eigenvalue weighted by molar-refractivity contribution is 6.36. The van der Waals surface area contributed by atoms with E-state index in [1.165, 1.54) is 12.3 Å². The van der Waals surface area contributed by atoms with Gasteiger partial charge in [-0.25, -0.2) is 4.98 Å². The lowest BCUT2D eigenvalue weighted by Gasteiger charge is -2.07. The van der Waals surface area contributed by atoms with E-state index in [1.54, 1.807) is 30.3 Å². The number of hydrogen-bond donors (Lipinski definition) is 1. The van der Waals surface area contributed by atoms with Crippen molar-refractivity contribution in [3.63, 3.8) is 0 Å². The van der Waals surface area contributed by atoms with Crippen LogP contribution in [0, 0.1) is 0 Å². The Labute approximate surface area is 154 Å². The number of esters is 1. The van der Waals surface area contributed by atoms with Crippen molar-refractivity contribution in [2.45, 2.75) is 12.8 Å². The first kappa shape index (κ1) is 18.9. The standard InChI is InChI=1S/C17H14Cl2N2O4/c18-12-8-13(19)17(20-9-12)21-15(23)10-25-16(24)7-6-14(22)11-4-2-1-3-5-11/h1-5,8-9H,6-7,10H2,(H,20,21,23). The van der Waals surface area contributed by atoms with Gasteiger partial charge in [-0.3, -0.25) is 14.4 Å². The lowest BCUT2D eigenvalue weighted by Crippen LogP contribution is -2.21. The molecule has 0 bridgehead atoms. The van der Waals surface area contributed by atoms with Crippen molar-refractivity contribution < 1.29 is 19.1 Å². The molecule has 0 atom stereocenters. The van der Waals surface area contributed by atoms with Crippen LogP contribution in [0.25, 0.3) is 0 Å². The largest absolute Gasteiger partial charge is 0.456 e. The molecule has 1 N–H and O–H groups in total. The second-order valence-electron chi connectivity index (χ2n) is 4.98. The molecule has 2 aromatic rings. The number of amides is 1. The molecule has 0 radical (unpaired) electrons. The first-order valence-electron chi connectivity index (χ1n) is 7.30. The Morgan fingerprint density at radius 1 is 1.08 bits per heavy atom. The summed E-state index contributed by atoms with van der Waals surface area (Å²) in [6, 6.07) is 10.0. The predicted molar refractivity (Wildman–Crippen MR) is 93.9 cm³/mol. The van der Waals surface area contributed by atoms with Gasteiger partial charge < -0.3 is 10.1 Å². The number of ketones is 1. The zero-order valence-electron chi connectivity index (χ0n) is 13.0. The molecule has 0 fully saturated rings. The number of carbonyl (C=O) groups is 3. The maximum atomic E-state index is 11.9. The number of ether oxygens (including phenoxy) is 1. The summed E-state index contributed by atoms with van der Waals surface area (Å²) >= 11 is 11.6. The van der Waals surface area contributed by atoms with Crippen LogP contribution in [0.3, 0.4) is 0 Å². The highest BCUT2D eigenvalue weighted by Crippen LogP contribution is 2.22. The van der Waals surface area contributed by atoms with E-state index >= 15 is 0 Å². The van der Waals surface area contributed by atoms with Crippen molar-refractivity contribution in [2.24, 2.45) is 0 Å². The molecule has 1 aromatic heterocycles. The minimum Gasteiger partial charge on any atom is -0.456 e. The highest BCUT2D eigenvalue weighted by Gasteiger charge is 2.13. The lowest BCUT2D eigenvalue weighted by molar-refractivity contribution is -0.147. The smallest absolute Gasteiger partial charge is 0.306 e. The van der Waals surface area contributed by atoms with Crippen LogP contribution in [0.5, 0.6) is 0 Å². The van der Waals surface area contributed by atoms with Gasteiger partial charge in [-0.05, 0) is 6.07 Å². The van der Waals surface area contributed by atoms with Gasteiger partial charge in [-0.1, -0.05) is 53.5 Å². The average Bonchev–Trinajstić information content (AvgIpc) is 2.61. The normalized spacial score (nSPS) is 10.2. The Morgan fingerprint density at radius 3 is 2.48 bits per heavy atom. The third-order valence-electron chi connectivity index (χ3n) is 3.08. The third kappa shape index (κ3) is 6.17. The van der Waals surface area contributed by atoms with E-state index in [4.69, 9.17) is 27.9 Å². The molecule has 6 nitrogen and oxygen atoms in total. The molecule has 0 aliphatic carbocycles. The van der Waals surface area contributed by atoms with Gasteiger partial charge in [0.1, 0.15) is 0 Å². The van der Waals surface area contributed by atoms with Crippen LogP contribution < -0.4 is 5.32 Å². The minimum absolute atomic E-state index is 0.00896. The number of nitrogens with zero attached hydrogens (tertiary/aromatic N) is 1. The van der Waals surface area contributed by atoms with Gasteiger partial charge in [0.15, 0.2) is 18.2 Å². The molecule has 1 aromatic carbocycles. The first-order valence-corrected chi connectivity index (χ1v) is 8.06. The van der Waals surface area contributed by atoms with E-state index in [9.17, 15) is 14.4 Å². The summed E-state index contributed by atoms with van der Waals surface area (Å²) in [5.41, 5.74) is 0.525. The Bertz CT molecular complexity index is 781. The molecule has 1 heterocycles. The predicted octanol–water partition coefficient (Wildman–Crippen LogP) is 3.53. The summed E-state index contributed by atoms with van der Waals surface area (Å²) in [6.07, 6.45) is 1.22. The maximum Gasteiger partial charge on any atom is 0.306 e. The van der Waals surface area contributed by atoms with Gasteiger partial charge in [0.05, 0.1) is 16.5 Å². The quantitative estimate of drug-likeness (QED) is 0.586. The Morgan fingerprint density at radius 2 is 1.80 bits per heavy atom. The Balaban J connectivity index is 1.74. The molecular formula is C17H14Cl2N2O4. The fourth-order valence-corrected chi connectivity index (χ4v) is 2.30. The van der Waals surface area contributed by atoms with Crippen LogP contribution in [0.1, 0.15) is 23.2 Å². The molecule has 2 rings (SSSR count). The van der Waals surface area contributed by atoms with Crippen LogP contribution in [0.4, 0.5) is 5.82 Å². The number of benzene rings is 1. The summed E-state index contributed by atoms with van der Waals surface area (Å²) in [7, 11) is 0. The zero-order chi connectivity index (χ0) is 18.2. The Hall–Kier alpha value is -2.44. The molecule has 0 unspecified atom stereocenters. The molecule has 25 heavy (non-hydrogen) atoms. The molecule has 0 saturated heterocycles. The summed E-state index contributed by atoms with van der Waals surface area (Å²) < 4.78 is 4.83. The van der Waals surface area contributed by atoms with E-state index in [-0.39, 0.29) is 29.5 Å². The molecule has 1 amide bonds. The number of Topliss-reactive ketones (excluding diaryl/α,β-unsaturated/α-hetero) is 1. The summed E-state index contributed by atoms with van der Waals surface area (Å²) in [4.78, 5) is 39.1. The minimum atomic E-state index is -0.644. The van der Waals surface area contributed by atoms with Crippen molar-refractivity contribution in [3.8, 4) is 0 Å². The van der Waals surface area contributed by atoms with Crippen molar-refractivity contribution in [1.29, 1.82) is 0 Å². The number of carbonyl (C=O) groups excluding carboxylic acids is 3. The van der Waals surface area contributed by atoms with Gasteiger partial charge in [0, 0.05) is 18.2 Å². The van der Waals surface area contributed by atoms with Gasteiger partial charge in [0.2, 0.25) is 0 Å². The molecule has 0 aliphatic heterocycles. The summed E-state index contributed by atoms with van der Waals surface area (Å²) in [5.74, 6) is -1.29. The highest BCUT2D eigenvalue weighted by atomic mass is 35.5. The van der Waals surface area contributed by atoms with Crippen LogP contribution in [0.2, 0.25) is 10.0 Å². The number of aromatic nitrogens is 1. The molecule has 8 heteroatoms. The molecule has 130 valence electrons. The number of rotatable bonds is 7. The van der Waals surface area contributed by atoms with Crippen molar-refractivity contribution in [1.82, 2.24) is 4.98 Å². The summed E-state index contributed by atoms with van der Waals surface area (Å²) in [6.45, 7) is -0.501. The van der Waals surface area contributed by atoms with E-state index in [0.717, 1.165) is 0 Å². The zero-order valence-corrected chi connectivity index (χ0v) is 14.5. The monoisotopic (exact) mass is 380 g/mol. The fourth-order valence-electron chi connectivity index (χ4n) is 1.88. The van der Waals surface area contributed by atoms with Gasteiger partial charge in [-0.15, -0.1) is 0 Å². The second-order valence-corrected chi connectivity index (χ2v) is 5.83. The topological polar surface area (TPSA) is 85.4 Å². The van der Waals surface area contributed by atoms with Crippen LogP contribution in [-0.4, -0.2) is 29.3 Å². The molecule has 0 spiro atoms. The van der Waals surface area contributed by atoms with Crippen molar-refractivity contribution in [3.05, 3.63) is 58.2 Å². The average molecular weight is 381 g/mol. The molecule has 0 saturated carbocycles. The number of halogens is 2. The SMILES string of the molecule is O=C(COC(=O)CCC(=O)c1ccccc1)Nc1ncc(Cl)cc1Cl. The number of anilines is 1. The van der Waals surface area contributed by atoms with Crippen molar-refractivity contribution in [2.75, 3.05) is 11.9 Å². The van der Waals surface area contributed by atoms with Crippen LogP contribution >= 0.6 is 23.2 Å². The number of hydrogen-bond acceptors (Lipinski definition) is 5. The molecular weight excluding hydrogens is 367 g/mol. The maximum absolute atomic E-state index is 11.9. The van der Waals surface area contributed by atoms with Gasteiger partial charge in [0.25, 0.3) is 5.91 Å². The van der Waals surface area contributed by atoms with Gasteiger partial charge >= 0.3 is 5.97 Å². The van der Waals surface area contributed by atoms with Crippen LogP contribution in [0.15, 0.2) is 42.6 Å². The van der Waals surface area contributed by atoms with Crippen molar-refractivity contribution >= 4 is 46.7 Å². The van der Waals surface area contributed by atoms with E-state index < -0.39 is 18.5 Å². The first-order chi connectivity index (χ1) is 12.0. The second kappa shape index (κ2) is 9.15. The molecule has 0 aliphatic rings. The lowest BCUT2D eigenvalue weighted by atomic mass is 10.1. The number of pyridine rings is 1. The van der Waals surface area contributed by atoms with Crippen LogP contribution in [-0.2, 0) is 14.3 Å². The number of nitrogens with one attached hydrogen (secondary N) is 1. The third-order valence-corrected chi connectivity index (χ3v) is 3.58. The van der Waals surface area contributed by atoms with Gasteiger partial charge in [-0.2, -0.15) is 0 Å². The summed E-state index contributed by atoms with van der Waals surface area (Å²) in [5, 5.41) is 2.90. The Kier molecular flexibility index (Phi) is 6.91. The van der Waals surface area contributed by atoms with E-state index in [1.807, 2.05) is 0 Å².